The summed E-state index contributed by atoms with van der Waals surface area (Å²) in [6, 6.07) is 17.6. The molecule has 0 aromatic heterocycles. The second-order valence-corrected chi connectivity index (χ2v) is 9.70. The summed E-state index contributed by atoms with van der Waals surface area (Å²) in [6.45, 7) is 1.68. The number of anilines is 1. The van der Waals surface area contributed by atoms with Crippen LogP contribution in [0.25, 0.3) is 0 Å². The Morgan fingerprint density at radius 3 is 2.18 bits per heavy atom. The van der Waals surface area contributed by atoms with Crippen LogP contribution < -0.4 is 9.64 Å². The van der Waals surface area contributed by atoms with Crippen LogP contribution in [-0.2, 0) is 19.6 Å². The Labute approximate surface area is 197 Å². The summed E-state index contributed by atoms with van der Waals surface area (Å²) < 4.78 is 47.2. The van der Waals surface area contributed by atoms with E-state index in [1.54, 1.807) is 37.3 Å². The van der Waals surface area contributed by atoms with Gasteiger partial charge in [-0.05, 0) is 61.0 Å². The number of carbonyl (C=O) groups is 2. The number of hydrogen-bond acceptors (Lipinski definition) is 5. The molecule has 0 bridgehead atoms. The Hall–Kier alpha value is -3.56. The summed E-state index contributed by atoms with van der Waals surface area (Å²) >= 11 is 0. The lowest BCUT2D eigenvalue weighted by atomic mass is 10.1. The molecule has 9 heteroatoms. The van der Waals surface area contributed by atoms with E-state index in [9.17, 15) is 22.4 Å². The minimum atomic E-state index is -4.21. The number of benzene rings is 3. The predicted molar refractivity (Wildman–Crippen MR) is 124 cm³/mol. The lowest BCUT2D eigenvalue weighted by Gasteiger charge is -2.32. The van der Waals surface area contributed by atoms with E-state index in [1.165, 1.54) is 43.5 Å². The Morgan fingerprint density at radius 1 is 0.971 bits per heavy atom. The number of methoxy groups -OCH3 is 1. The van der Waals surface area contributed by atoms with E-state index >= 15 is 0 Å². The fraction of sp³-hybridized carbons (Fsp3) is 0.200. The molecule has 4 rings (SSSR count). The average molecular weight is 483 g/mol. The zero-order valence-corrected chi connectivity index (χ0v) is 19.4. The maximum Gasteiger partial charge on any atom is 0.252 e. The van der Waals surface area contributed by atoms with E-state index in [4.69, 9.17) is 4.74 Å². The molecule has 1 heterocycles. The van der Waals surface area contributed by atoms with Crippen molar-refractivity contribution in [3.05, 3.63) is 90.2 Å². The topological polar surface area (TPSA) is 84.0 Å². The monoisotopic (exact) mass is 482 g/mol. The van der Waals surface area contributed by atoms with Gasteiger partial charge >= 0.3 is 0 Å². The maximum atomic E-state index is 13.8. The Morgan fingerprint density at radius 2 is 1.59 bits per heavy atom. The third-order valence-corrected chi connectivity index (χ3v) is 7.81. The van der Waals surface area contributed by atoms with Crippen LogP contribution in [0.4, 0.5) is 10.1 Å². The molecular formula is C25H23FN2O5S. The van der Waals surface area contributed by atoms with Gasteiger partial charge < -0.3 is 4.74 Å². The molecule has 2 atom stereocenters. The van der Waals surface area contributed by atoms with E-state index in [-0.39, 0.29) is 17.0 Å². The summed E-state index contributed by atoms with van der Waals surface area (Å²) in [7, 11) is -2.74. The zero-order valence-electron chi connectivity index (χ0n) is 18.6. The van der Waals surface area contributed by atoms with Crippen molar-refractivity contribution < 1.29 is 27.1 Å². The Bertz CT molecular complexity index is 1300. The normalized spacial score (nSPS) is 17.3. The third-order valence-electron chi connectivity index (χ3n) is 5.81. The highest BCUT2D eigenvalue weighted by atomic mass is 32.2. The summed E-state index contributed by atoms with van der Waals surface area (Å²) in [4.78, 5) is 27.2. The minimum absolute atomic E-state index is 0.0310. The van der Waals surface area contributed by atoms with Crippen LogP contribution in [-0.4, -0.2) is 37.7 Å². The first-order valence-electron chi connectivity index (χ1n) is 10.6. The lowest BCUT2D eigenvalue weighted by molar-refractivity contribution is -0.122. The van der Waals surface area contributed by atoms with Gasteiger partial charge in [0.05, 0.1) is 24.1 Å². The molecule has 1 aliphatic rings. The minimum Gasteiger partial charge on any atom is -0.497 e. The fourth-order valence-corrected chi connectivity index (χ4v) is 5.83. The number of carbonyl (C=O) groups excluding carboxylic acids is 2. The zero-order chi connectivity index (χ0) is 24.5. The van der Waals surface area contributed by atoms with Crippen molar-refractivity contribution in [1.29, 1.82) is 0 Å². The number of ether oxygens (including phenoxy) is 1. The number of rotatable bonds is 7. The Balaban J connectivity index is 1.78. The van der Waals surface area contributed by atoms with E-state index < -0.39 is 39.7 Å². The van der Waals surface area contributed by atoms with Crippen LogP contribution in [0, 0.1) is 5.82 Å². The van der Waals surface area contributed by atoms with Gasteiger partial charge in [0, 0.05) is 6.04 Å². The first kappa shape index (κ1) is 23.6. The fourth-order valence-electron chi connectivity index (χ4n) is 4.07. The number of sulfonamides is 1. The third kappa shape index (κ3) is 4.32. The quantitative estimate of drug-likeness (QED) is 0.477. The van der Waals surface area contributed by atoms with E-state index in [1.807, 2.05) is 0 Å². The Kier molecular flexibility index (Phi) is 6.49. The number of amides is 2. The van der Waals surface area contributed by atoms with Crippen molar-refractivity contribution in [3.63, 3.8) is 0 Å². The average Bonchev–Trinajstić information content (AvgIpc) is 3.13. The molecule has 0 radical (unpaired) electrons. The van der Waals surface area contributed by atoms with Crippen molar-refractivity contribution in [1.82, 2.24) is 4.31 Å². The highest BCUT2D eigenvalue weighted by Crippen LogP contribution is 2.36. The standard InChI is InChI=1S/C25H23FN2O5S/c1-17(18-6-4-3-5-7-18)28(34(31,32)22-14-12-21(33-2)13-15-22)23-16-24(29)27(25(23)30)20-10-8-19(26)9-11-20/h3-15,17,23H,16H2,1-2H3. The van der Waals surface area contributed by atoms with Crippen LogP contribution in [0.2, 0.25) is 0 Å². The summed E-state index contributed by atoms with van der Waals surface area (Å²) in [5.74, 6) is -1.27. The molecule has 2 amide bonds. The molecule has 3 aromatic rings. The number of halogens is 1. The second-order valence-electron chi connectivity index (χ2n) is 7.86. The van der Waals surface area contributed by atoms with Crippen LogP contribution in [0.1, 0.15) is 24.9 Å². The van der Waals surface area contributed by atoms with Crippen molar-refractivity contribution in [2.24, 2.45) is 0 Å². The van der Waals surface area contributed by atoms with Gasteiger partial charge in [-0.1, -0.05) is 30.3 Å². The molecule has 1 saturated heterocycles. The van der Waals surface area contributed by atoms with Gasteiger partial charge in [-0.25, -0.2) is 17.7 Å². The lowest BCUT2D eigenvalue weighted by Crippen LogP contribution is -2.46. The summed E-state index contributed by atoms with van der Waals surface area (Å²) in [6.07, 6.45) is -0.331. The van der Waals surface area contributed by atoms with Gasteiger partial charge in [0.25, 0.3) is 5.91 Å². The van der Waals surface area contributed by atoms with Crippen LogP contribution >= 0.6 is 0 Å². The molecule has 0 saturated carbocycles. The van der Waals surface area contributed by atoms with Gasteiger partial charge in [-0.2, -0.15) is 4.31 Å². The molecule has 2 unspecified atom stereocenters. The summed E-state index contributed by atoms with van der Waals surface area (Å²) in [5.41, 5.74) is 0.855. The molecule has 176 valence electrons. The maximum absolute atomic E-state index is 13.8. The van der Waals surface area contributed by atoms with Crippen LogP contribution in [0.15, 0.2) is 83.8 Å². The summed E-state index contributed by atoms with van der Waals surface area (Å²) in [5, 5.41) is 0. The molecule has 34 heavy (non-hydrogen) atoms. The second kappa shape index (κ2) is 9.36. The molecule has 0 aliphatic carbocycles. The number of hydrogen-bond donors (Lipinski definition) is 0. The first-order chi connectivity index (χ1) is 16.2. The molecule has 7 nitrogen and oxygen atoms in total. The predicted octanol–water partition coefficient (Wildman–Crippen LogP) is 3.92. The van der Waals surface area contributed by atoms with Crippen molar-refractivity contribution >= 4 is 27.5 Å². The SMILES string of the molecule is COc1ccc(S(=O)(=O)N(C2CC(=O)N(c3ccc(F)cc3)C2=O)C(C)c2ccccc2)cc1. The highest BCUT2D eigenvalue weighted by molar-refractivity contribution is 7.89. The highest BCUT2D eigenvalue weighted by Gasteiger charge is 2.48. The van der Waals surface area contributed by atoms with Crippen LogP contribution in [0.3, 0.4) is 0 Å². The molecule has 0 spiro atoms. The molecule has 0 N–H and O–H groups in total. The van der Waals surface area contributed by atoms with E-state index in [0.717, 1.165) is 21.3 Å². The first-order valence-corrected chi connectivity index (χ1v) is 12.0. The van der Waals surface area contributed by atoms with Gasteiger partial charge in [0.15, 0.2) is 0 Å². The van der Waals surface area contributed by atoms with Gasteiger partial charge in [-0.15, -0.1) is 0 Å². The van der Waals surface area contributed by atoms with Crippen molar-refractivity contribution in [2.45, 2.75) is 30.3 Å². The van der Waals surface area contributed by atoms with Gasteiger partial charge in [0.2, 0.25) is 15.9 Å². The molecular weight excluding hydrogens is 459 g/mol. The van der Waals surface area contributed by atoms with E-state index in [2.05, 4.69) is 0 Å². The smallest absolute Gasteiger partial charge is 0.252 e. The molecule has 1 fully saturated rings. The van der Waals surface area contributed by atoms with Crippen molar-refractivity contribution in [3.8, 4) is 5.75 Å². The van der Waals surface area contributed by atoms with Gasteiger partial charge in [0.1, 0.15) is 17.6 Å². The molecule has 1 aliphatic heterocycles. The van der Waals surface area contributed by atoms with Crippen molar-refractivity contribution in [2.75, 3.05) is 12.0 Å². The number of imide groups is 1. The largest absolute Gasteiger partial charge is 0.497 e. The van der Waals surface area contributed by atoms with Crippen LogP contribution in [0.5, 0.6) is 5.75 Å². The van der Waals surface area contributed by atoms with E-state index in [0.29, 0.717) is 11.3 Å². The van der Waals surface area contributed by atoms with Gasteiger partial charge in [-0.3, -0.25) is 9.59 Å². The number of nitrogens with zero attached hydrogens (tertiary/aromatic N) is 2. The molecule has 3 aromatic carbocycles.